The Morgan fingerprint density at radius 1 is 1.44 bits per heavy atom. The van der Waals surface area contributed by atoms with E-state index in [-0.39, 0.29) is 23.9 Å². The van der Waals surface area contributed by atoms with Crippen LogP contribution in [0.5, 0.6) is 0 Å². The molecule has 0 heterocycles. The van der Waals surface area contributed by atoms with Crippen molar-refractivity contribution in [1.82, 2.24) is 5.32 Å². The van der Waals surface area contributed by atoms with Gasteiger partial charge in [0, 0.05) is 11.6 Å². The molecule has 1 fully saturated rings. The molecule has 1 aliphatic carbocycles. The highest BCUT2D eigenvalue weighted by molar-refractivity contribution is 5.89. The Morgan fingerprint density at radius 2 is 2.06 bits per heavy atom. The molecule has 0 bridgehead atoms. The Hall–Kier alpha value is -1.20. The lowest BCUT2D eigenvalue weighted by molar-refractivity contribution is -0.123. The molecule has 1 unspecified atom stereocenters. The summed E-state index contributed by atoms with van der Waals surface area (Å²) in [5.74, 6) is -1.59. The first kappa shape index (κ1) is 14.9. The average Bonchev–Trinajstić information content (AvgIpc) is 2.97. The highest BCUT2D eigenvalue weighted by Crippen LogP contribution is 2.33. The van der Waals surface area contributed by atoms with Crippen LogP contribution in [0.4, 0.5) is 8.78 Å². The first-order valence-electron chi connectivity index (χ1n) is 5.47. The SMILES string of the molecule is CC(NC(=O)C1(N)CC1)c1ccc(F)cc1F.Cl. The number of rotatable bonds is 3. The van der Waals surface area contributed by atoms with Gasteiger partial charge in [0.05, 0.1) is 11.6 Å². The zero-order chi connectivity index (χ0) is 12.6. The van der Waals surface area contributed by atoms with Crippen LogP contribution in [0.25, 0.3) is 0 Å². The van der Waals surface area contributed by atoms with Gasteiger partial charge in [0.1, 0.15) is 11.6 Å². The van der Waals surface area contributed by atoms with Gasteiger partial charge in [0.15, 0.2) is 0 Å². The third-order valence-electron chi connectivity index (χ3n) is 3.02. The third kappa shape index (κ3) is 2.97. The van der Waals surface area contributed by atoms with E-state index in [9.17, 15) is 13.6 Å². The number of nitrogens with two attached hydrogens (primary N) is 1. The molecule has 1 aromatic carbocycles. The topological polar surface area (TPSA) is 55.1 Å². The summed E-state index contributed by atoms with van der Waals surface area (Å²) >= 11 is 0. The minimum absolute atomic E-state index is 0. The minimum atomic E-state index is -0.787. The van der Waals surface area contributed by atoms with Crippen LogP contribution in [-0.4, -0.2) is 11.4 Å². The fourth-order valence-electron chi connectivity index (χ4n) is 1.63. The second-order valence-corrected chi connectivity index (χ2v) is 4.52. The molecule has 18 heavy (non-hydrogen) atoms. The molecule has 1 aromatic rings. The molecule has 1 saturated carbocycles. The van der Waals surface area contributed by atoms with Gasteiger partial charge in [0.2, 0.25) is 5.91 Å². The van der Waals surface area contributed by atoms with Crippen molar-refractivity contribution in [2.75, 3.05) is 0 Å². The molecule has 3 N–H and O–H groups in total. The summed E-state index contributed by atoms with van der Waals surface area (Å²) in [6, 6.07) is 2.76. The number of hydrogen-bond acceptors (Lipinski definition) is 2. The van der Waals surface area contributed by atoms with Crippen molar-refractivity contribution in [3.05, 3.63) is 35.4 Å². The van der Waals surface area contributed by atoms with E-state index < -0.39 is 23.2 Å². The van der Waals surface area contributed by atoms with Gasteiger partial charge in [-0.15, -0.1) is 12.4 Å². The maximum absolute atomic E-state index is 13.4. The van der Waals surface area contributed by atoms with Crippen LogP contribution in [-0.2, 0) is 4.79 Å². The van der Waals surface area contributed by atoms with Crippen LogP contribution in [0.1, 0.15) is 31.4 Å². The van der Waals surface area contributed by atoms with Crippen LogP contribution in [0.15, 0.2) is 18.2 Å². The molecule has 0 radical (unpaired) electrons. The first-order chi connectivity index (χ1) is 7.92. The Kier molecular flexibility index (Phi) is 4.29. The highest BCUT2D eigenvalue weighted by Gasteiger charge is 2.46. The van der Waals surface area contributed by atoms with Gasteiger partial charge in [-0.2, -0.15) is 0 Å². The molecule has 0 saturated heterocycles. The van der Waals surface area contributed by atoms with Gasteiger partial charge < -0.3 is 11.1 Å². The summed E-state index contributed by atoms with van der Waals surface area (Å²) in [6.45, 7) is 1.64. The number of carbonyl (C=O) groups excluding carboxylic acids is 1. The zero-order valence-corrected chi connectivity index (χ0v) is 10.7. The van der Waals surface area contributed by atoms with Gasteiger partial charge in [-0.25, -0.2) is 8.78 Å². The third-order valence-corrected chi connectivity index (χ3v) is 3.02. The molecular weight excluding hydrogens is 262 g/mol. The van der Waals surface area contributed by atoms with Gasteiger partial charge >= 0.3 is 0 Å². The van der Waals surface area contributed by atoms with E-state index in [0.29, 0.717) is 12.8 Å². The Balaban J connectivity index is 0.00000162. The standard InChI is InChI=1S/C12H14F2N2O.ClH/c1-7(16-11(17)12(15)4-5-12)9-3-2-8(13)6-10(9)14;/h2-3,6-7H,4-5,15H2,1H3,(H,16,17);1H. The predicted molar refractivity (Wildman–Crippen MR) is 66.3 cm³/mol. The maximum atomic E-state index is 13.4. The molecule has 1 aliphatic rings. The fraction of sp³-hybridized carbons (Fsp3) is 0.417. The van der Waals surface area contributed by atoms with Crippen LogP contribution < -0.4 is 11.1 Å². The first-order valence-corrected chi connectivity index (χ1v) is 5.47. The summed E-state index contributed by atoms with van der Waals surface area (Å²) in [5.41, 5.74) is 5.18. The van der Waals surface area contributed by atoms with Crippen molar-refractivity contribution < 1.29 is 13.6 Å². The number of halogens is 3. The lowest BCUT2D eigenvalue weighted by atomic mass is 10.1. The van der Waals surface area contributed by atoms with Crippen LogP contribution in [0.3, 0.4) is 0 Å². The summed E-state index contributed by atoms with van der Waals surface area (Å²) in [5, 5.41) is 2.63. The quantitative estimate of drug-likeness (QED) is 0.888. The van der Waals surface area contributed by atoms with Crippen molar-refractivity contribution >= 4 is 18.3 Å². The number of amides is 1. The van der Waals surface area contributed by atoms with E-state index in [0.717, 1.165) is 12.1 Å². The molecule has 0 spiro atoms. The Morgan fingerprint density at radius 3 is 2.56 bits per heavy atom. The average molecular weight is 277 g/mol. The van der Waals surface area contributed by atoms with E-state index in [1.807, 2.05) is 0 Å². The van der Waals surface area contributed by atoms with Crippen molar-refractivity contribution in [3.8, 4) is 0 Å². The van der Waals surface area contributed by atoms with Crippen molar-refractivity contribution in [1.29, 1.82) is 0 Å². The number of hydrogen-bond donors (Lipinski definition) is 2. The van der Waals surface area contributed by atoms with Crippen LogP contribution in [0.2, 0.25) is 0 Å². The van der Waals surface area contributed by atoms with Crippen LogP contribution in [0, 0.1) is 11.6 Å². The molecule has 2 rings (SSSR count). The number of carbonyl (C=O) groups is 1. The predicted octanol–water partition coefficient (Wildman–Crippen LogP) is 2.06. The molecule has 1 atom stereocenters. The maximum Gasteiger partial charge on any atom is 0.240 e. The summed E-state index contributed by atoms with van der Waals surface area (Å²) in [7, 11) is 0. The minimum Gasteiger partial charge on any atom is -0.348 e. The summed E-state index contributed by atoms with van der Waals surface area (Å²) in [4.78, 5) is 11.7. The fourth-order valence-corrected chi connectivity index (χ4v) is 1.63. The van der Waals surface area contributed by atoms with Gasteiger partial charge in [-0.05, 0) is 25.8 Å². The second kappa shape index (κ2) is 5.20. The second-order valence-electron chi connectivity index (χ2n) is 4.52. The molecule has 0 aliphatic heterocycles. The van der Waals surface area contributed by atoms with Gasteiger partial charge in [-0.1, -0.05) is 6.07 Å². The Bertz CT molecular complexity index is 463. The number of nitrogens with one attached hydrogen (secondary N) is 1. The highest BCUT2D eigenvalue weighted by atomic mass is 35.5. The molecule has 100 valence electrons. The number of benzene rings is 1. The molecule has 3 nitrogen and oxygen atoms in total. The summed E-state index contributed by atoms with van der Waals surface area (Å²) < 4.78 is 26.2. The van der Waals surface area contributed by atoms with E-state index >= 15 is 0 Å². The lowest BCUT2D eigenvalue weighted by Crippen LogP contribution is -2.43. The van der Waals surface area contributed by atoms with Gasteiger partial charge in [0.25, 0.3) is 0 Å². The smallest absolute Gasteiger partial charge is 0.240 e. The zero-order valence-electron chi connectivity index (χ0n) is 9.87. The molecule has 1 amide bonds. The van der Waals surface area contributed by atoms with Crippen molar-refractivity contribution in [3.63, 3.8) is 0 Å². The lowest BCUT2D eigenvalue weighted by Gasteiger charge is -2.17. The van der Waals surface area contributed by atoms with Crippen LogP contribution >= 0.6 is 12.4 Å². The largest absolute Gasteiger partial charge is 0.348 e. The normalized spacial score (nSPS) is 17.6. The Labute approximate surface area is 110 Å². The molecule has 0 aromatic heterocycles. The van der Waals surface area contributed by atoms with Crippen molar-refractivity contribution in [2.45, 2.75) is 31.3 Å². The van der Waals surface area contributed by atoms with E-state index in [4.69, 9.17) is 5.73 Å². The molecular formula is C12H15ClF2N2O. The van der Waals surface area contributed by atoms with E-state index in [1.165, 1.54) is 6.07 Å². The monoisotopic (exact) mass is 276 g/mol. The summed E-state index contributed by atoms with van der Waals surface area (Å²) in [6.07, 6.45) is 1.30. The molecule has 6 heteroatoms. The van der Waals surface area contributed by atoms with Gasteiger partial charge in [-0.3, -0.25) is 4.79 Å². The van der Waals surface area contributed by atoms with Crippen molar-refractivity contribution in [2.24, 2.45) is 5.73 Å². The van der Waals surface area contributed by atoms with E-state index in [2.05, 4.69) is 5.32 Å². The van der Waals surface area contributed by atoms with E-state index in [1.54, 1.807) is 6.92 Å².